The fraction of sp³-hybridized carbons (Fsp3) is 0.143. The number of benzene rings is 1. The van der Waals surface area contributed by atoms with E-state index in [9.17, 15) is 0 Å². The Balaban J connectivity index is 2.25. The van der Waals surface area contributed by atoms with Crippen LogP contribution in [0.5, 0.6) is 0 Å². The summed E-state index contributed by atoms with van der Waals surface area (Å²) in [5.74, 6) is 0.833. The third-order valence-corrected chi connectivity index (χ3v) is 2.68. The second-order valence-corrected chi connectivity index (χ2v) is 4.08. The largest absolute Gasteiger partial charge is 0.399 e. The van der Waals surface area contributed by atoms with E-state index in [1.54, 1.807) is 0 Å². The molecular formula is C14H14N6O. The number of nitrogens with zero attached hydrogens (tertiary/aromatic N) is 4. The van der Waals surface area contributed by atoms with Gasteiger partial charge in [-0.15, -0.1) is 0 Å². The Kier molecular flexibility index (Phi) is 4.66. The molecule has 0 bridgehead atoms. The molecule has 7 nitrogen and oxygen atoms in total. The predicted molar refractivity (Wildman–Crippen MR) is 81.1 cm³/mol. The van der Waals surface area contributed by atoms with Crippen LogP contribution in [0.3, 0.4) is 0 Å². The van der Waals surface area contributed by atoms with E-state index in [0.29, 0.717) is 23.7 Å². The highest BCUT2D eigenvalue weighted by Crippen LogP contribution is 2.20. The van der Waals surface area contributed by atoms with Crippen LogP contribution < -0.4 is 11.1 Å². The molecule has 0 aliphatic rings. The van der Waals surface area contributed by atoms with Gasteiger partial charge in [-0.3, -0.25) is 0 Å². The Labute approximate surface area is 122 Å². The maximum Gasteiger partial charge on any atom is 0.239 e. The van der Waals surface area contributed by atoms with Gasteiger partial charge in [0.2, 0.25) is 6.54 Å². The summed E-state index contributed by atoms with van der Waals surface area (Å²) >= 11 is 0. The van der Waals surface area contributed by atoms with Crippen LogP contribution in [-0.2, 0) is 11.4 Å². The Morgan fingerprint density at radius 2 is 2.14 bits per heavy atom. The van der Waals surface area contributed by atoms with Crippen LogP contribution in [0.25, 0.3) is 4.85 Å². The lowest BCUT2D eigenvalue weighted by atomic mass is 10.2. The maximum atomic E-state index is 6.84. The zero-order chi connectivity index (χ0) is 15.1. The number of anilines is 3. The molecule has 0 aliphatic carbocycles. The van der Waals surface area contributed by atoms with E-state index in [0.717, 1.165) is 11.3 Å². The third kappa shape index (κ3) is 3.67. The molecule has 0 unspecified atom stereocenters. The van der Waals surface area contributed by atoms with Gasteiger partial charge in [0.1, 0.15) is 25.1 Å². The van der Waals surface area contributed by atoms with Crippen molar-refractivity contribution in [2.24, 2.45) is 5.16 Å². The fourth-order valence-corrected chi connectivity index (χ4v) is 1.66. The lowest BCUT2D eigenvalue weighted by Gasteiger charge is -2.09. The van der Waals surface area contributed by atoms with Gasteiger partial charge in [0, 0.05) is 11.3 Å². The van der Waals surface area contributed by atoms with Crippen molar-refractivity contribution in [2.75, 3.05) is 18.2 Å². The minimum Gasteiger partial charge on any atom is -0.399 e. The molecule has 1 heterocycles. The van der Waals surface area contributed by atoms with Crippen LogP contribution in [0.1, 0.15) is 11.1 Å². The molecule has 0 amide bonds. The second kappa shape index (κ2) is 6.86. The standard InChI is InChI=1S/C14H14N6O/c1-16-7-10-3-5-11(6-4-10)20-14-12(8-19-21-2)13(15)17-9-18-14/h3-6,8-9H,7H2,2H3,(H3,15,17,18,20)/b19-8-. The van der Waals surface area contributed by atoms with Gasteiger partial charge >= 0.3 is 0 Å². The molecule has 0 aliphatic heterocycles. The second-order valence-electron chi connectivity index (χ2n) is 4.08. The summed E-state index contributed by atoms with van der Waals surface area (Å²) in [6.07, 6.45) is 2.82. The van der Waals surface area contributed by atoms with Gasteiger partial charge in [-0.1, -0.05) is 5.16 Å². The van der Waals surface area contributed by atoms with E-state index in [-0.39, 0.29) is 0 Å². The monoisotopic (exact) mass is 282 g/mol. The van der Waals surface area contributed by atoms with Gasteiger partial charge in [-0.25, -0.2) is 16.5 Å². The summed E-state index contributed by atoms with van der Waals surface area (Å²) in [7, 11) is 1.44. The molecule has 21 heavy (non-hydrogen) atoms. The molecule has 0 saturated heterocycles. The normalized spacial score (nSPS) is 10.3. The summed E-state index contributed by atoms with van der Waals surface area (Å²) in [6, 6.07) is 7.51. The number of nitrogens with one attached hydrogen (secondary N) is 1. The summed E-state index contributed by atoms with van der Waals surface area (Å²) in [5, 5.41) is 6.82. The van der Waals surface area contributed by atoms with E-state index in [4.69, 9.17) is 12.3 Å². The van der Waals surface area contributed by atoms with Crippen LogP contribution in [0, 0.1) is 6.57 Å². The number of rotatable bonds is 5. The predicted octanol–water partition coefficient (Wildman–Crippen LogP) is 2.20. The molecule has 0 atom stereocenters. The van der Waals surface area contributed by atoms with Crippen molar-refractivity contribution < 1.29 is 4.84 Å². The maximum absolute atomic E-state index is 6.84. The number of nitrogens with two attached hydrogens (primary N) is 1. The molecule has 7 heteroatoms. The van der Waals surface area contributed by atoms with Gasteiger partial charge in [0.25, 0.3) is 0 Å². The first-order valence-corrected chi connectivity index (χ1v) is 6.10. The Morgan fingerprint density at radius 3 is 2.81 bits per heavy atom. The first-order chi connectivity index (χ1) is 10.2. The molecule has 106 valence electrons. The van der Waals surface area contributed by atoms with Crippen molar-refractivity contribution in [1.82, 2.24) is 9.97 Å². The quantitative estimate of drug-likeness (QED) is 0.498. The zero-order valence-corrected chi connectivity index (χ0v) is 11.4. The summed E-state index contributed by atoms with van der Waals surface area (Å²) in [6.45, 7) is 7.21. The lowest BCUT2D eigenvalue weighted by molar-refractivity contribution is 0.215. The van der Waals surface area contributed by atoms with Crippen LogP contribution in [0.2, 0.25) is 0 Å². The summed E-state index contributed by atoms with van der Waals surface area (Å²) in [4.78, 5) is 16.1. The van der Waals surface area contributed by atoms with E-state index in [1.807, 2.05) is 24.3 Å². The molecule has 1 aromatic heterocycles. The van der Waals surface area contributed by atoms with Crippen molar-refractivity contribution in [2.45, 2.75) is 6.54 Å². The zero-order valence-electron chi connectivity index (χ0n) is 11.4. The Morgan fingerprint density at radius 1 is 1.38 bits per heavy atom. The van der Waals surface area contributed by atoms with E-state index < -0.39 is 0 Å². The van der Waals surface area contributed by atoms with Gasteiger partial charge in [-0.05, 0) is 24.3 Å². The molecule has 1 aromatic carbocycles. The van der Waals surface area contributed by atoms with Crippen molar-refractivity contribution in [3.8, 4) is 0 Å². The van der Waals surface area contributed by atoms with E-state index in [1.165, 1.54) is 19.7 Å². The van der Waals surface area contributed by atoms with Crippen LogP contribution in [0.15, 0.2) is 35.7 Å². The summed E-state index contributed by atoms with van der Waals surface area (Å²) in [5.41, 5.74) is 8.14. The molecule has 2 aromatic rings. The van der Waals surface area contributed by atoms with Gasteiger partial charge in [-0.2, -0.15) is 0 Å². The number of oxime groups is 1. The Bertz CT molecular complexity index is 675. The number of hydrogen-bond donors (Lipinski definition) is 2. The van der Waals surface area contributed by atoms with Crippen LogP contribution in [0.4, 0.5) is 17.3 Å². The van der Waals surface area contributed by atoms with Crippen molar-refractivity contribution in [3.05, 3.63) is 53.1 Å². The molecular weight excluding hydrogens is 268 g/mol. The number of aromatic nitrogens is 2. The van der Waals surface area contributed by atoms with Crippen molar-refractivity contribution in [3.63, 3.8) is 0 Å². The molecule has 0 radical (unpaired) electrons. The molecule has 2 rings (SSSR count). The highest BCUT2D eigenvalue weighted by Gasteiger charge is 2.08. The fourth-order valence-electron chi connectivity index (χ4n) is 1.66. The smallest absolute Gasteiger partial charge is 0.239 e. The molecule has 0 spiro atoms. The van der Waals surface area contributed by atoms with Gasteiger partial charge in [0.05, 0.1) is 11.8 Å². The molecule has 0 saturated carbocycles. The summed E-state index contributed by atoms with van der Waals surface area (Å²) < 4.78 is 0. The number of nitrogen functional groups attached to an aromatic ring is 1. The van der Waals surface area contributed by atoms with E-state index in [2.05, 4.69) is 30.1 Å². The average Bonchev–Trinajstić information content (AvgIpc) is 2.49. The highest BCUT2D eigenvalue weighted by molar-refractivity contribution is 5.92. The van der Waals surface area contributed by atoms with Crippen LogP contribution in [-0.4, -0.2) is 23.3 Å². The number of hydrogen-bond acceptors (Lipinski definition) is 6. The highest BCUT2D eigenvalue weighted by atomic mass is 16.6. The average molecular weight is 282 g/mol. The minimum absolute atomic E-state index is 0.304. The van der Waals surface area contributed by atoms with Gasteiger partial charge in [0.15, 0.2) is 0 Å². The molecule has 3 N–H and O–H groups in total. The SMILES string of the molecule is [C-]#[N+]Cc1ccc(Nc2ncnc(N)c2/C=N\OC)cc1. The van der Waals surface area contributed by atoms with Crippen molar-refractivity contribution in [1.29, 1.82) is 0 Å². The minimum atomic E-state index is 0.304. The van der Waals surface area contributed by atoms with E-state index >= 15 is 0 Å². The first kappa shape index (κ1) is 14.3. The van der Waals surface area contributed by atoms with Gasteiger partial charge < -0.3 is 20.7 Å². The Hall–Kier alpha value is -3.14. The first-order valence-electron chi connectivity index (χ1n) is 6.10. The topological polar surface area (TPSA) is 89.8 Å². The third-order valence-electron chi connectivity index (χ3n) is 2.68. The van der Waals surface area contributed by atoms with Crippen LogP contribution >= 0.6 is 0 Å². The molecule has 0 fully saturated rings. The van der Waals surface area contributed by atoms with Crippen molar-refractivity contribution >= 4 is 23.5 Å². The lowest BCUT2D eigenvalue weighted by Crippen LogP contribution is -2.05.